The topological polar surface area (TPSA) is 66.6 Å². The van der Waals surface area contributed by atoms with E-state index in [1.54, 1.807) is 9.80 Å². The highest BCUT2D eigenvalue weighted by molar-refractivity contribution is 9.10. The quantitative estimate of drug-likeness (QED) is 0.785. The second-order valence-electron chi connectivity index (χ2n) is 5.64. The lowest BCUT2D eigenvalue weighted by atomic mass is 10.1. The fourth-order valence-electron chi connectivity index (χ4n) is 3.02. The molecule has 3 rings (SSSR count). The van der Waals surface area contributed by atoms with Crippen molar-refractivity contribution >= 4 is 45.8 Å². The molecule has 0 aliphatic carbocycles. The van der Waals surface area contributed by atoms with Crippen LogP contribution in [0.4, 0.5) is 5.69 Å². The first-order valence-corrected chi connectivity index (χ1v) is 7.97. The second-order valence-corrected chi connectivity index (χ2v) is 6.56. The third-order valence-corrected chi connectivity index (χ3v) is 4.65. The molecule has 22 heavy (non-hydrogen) atoms. The number of nitrogens with two attached hydrogens (primary N) is 1. The van der Waals surface area contributed by atoms with Crippen LogP contribution in [0.3, 0.4) is 0 Å². The van der Waals surface area contributed by atoms with Crippen LogP contribution in [0, 0.1) is 5.92 Å². The van der Waals surface area contributed by atoms with Gasteiger partial charge in [0.1, 0.15) is 5.92 Å². The van der Waals surface area contributed by atoms with Gasteiger partial charge in [-0.15, -0.1) is 12.4 Å². The van der Waals surface area contributed by atoms with E-state index in [9.17, 15) is 9.59 Å². The number of carbonyl (C=O) groups is 2. The fraction of sp³-hybridized carbons (Fsp3) is 0.467. The van der Waals surface area contributed by atoms with Crippen molar-refractivity contribution in [1.82, 2.24) is 4.90 Å². The van der Waals surface area contributed by atoms with Crippen LogP contribution < -0.4 is 10.6 Å². The molecular weight excluding hydrogens is 370 g/mol. The van der Waals surface area contributed by atoms with Crippen molar-refractivity contribution in [3.8, 4) is 0 Å². The Labute approximate surface area is 144 Å². The van der Waals surface area contributed by atoms with Gasteiger partial charge in [0.2, 0.25) is 11.8 Å². The van der Waals surface area contributed by atoms with Crippen molar-refractivity contribution in [2.45, 2.75) is 18.9 Å². The van der Waals surface area contributed by atoms with Crippen LogP contribution in [0.25, 0.3) is 0 Å². The minimum Gasteiger partial charge on any atom is -0.340 e. The summed E-state index contributed by atoms with van der Waals surface area (Å²) < 4.78 is 0.924. The van der Waals surface area contributed by atoms with Crippen molar-refractivity contribution in [3.63, 3.8) is 0 Å². The first kappa shape index (κ1) is 17.2. The molecule has 2 atom stereocenters. The number of likely N-dealkylation sites (tertiary alicyclic amines) is 1. The van der Waals surface area contributed by atoms with Gasteiger partial charge in [-0.25, -0.2) is 0 Å². The van der Waals surface area contributed by atoms with E-state index in [0.29, 0.717) is 26.1 Å². The lowest BCUT2D eigenvalue weighted by Gasteiger charge is -2.20. The predicted octanol–water partition coefficient (Wildman–Crippen LogP) is 1.78. The van der Waals surface area contributed by atoms with Gasteiger partial charge in [0.05, 0.1) is 0 Å². The summed E-state index contributed by atoms with van der Waals surface area (Å²) in [5.41, 5.74) is 6.67. The van der Waals surface area contributed by atoms with Crippen LogP contribution in [-0.2, 0) is 9.59 Å². The Kier molecular flexibility index (Phi) is 5.47. The number of hydrogen-bond acceptors (Lipinski definition) is 3. The monoisotopic (exact) mass is 387 g/mol. The zero-order valence-electron chi connectivity index (χ0n) is 12.1. The Morgan fingerprint density at radius 2 is 2.05 bits per heavy atom. The normalized spacial score (nSPS) is 24.5. The molecule has 0 saturated carbocycles. The van der Waals surface area contributed by atoms with Crippen molar-refractivity contribution in [2.75, 3.05) is 24.5 Å². The maximum atomic E-state index is 12.5. The van der Waals surface area contributed by atoms with E-state index in [1.807, 2.05) is 24.3 Å². The van der Waals surface area contributed by atoms with Gasteiger partial charge < -0.3 is 15.5 Å². The van der Waals surface area contributed by atoms with Gasteiger partial charge in [0.25, 0.3) is 0 Å². The number of carbonyl (C=O) groups excluding carboxylic acids is 2. The van der Waals surface area contributed by atoms with Gasteiger partial charge >= 0.3 is 0 Å². The minimum atomic E-state index is -0.547. The van der Waals surface area contributed by atoms with Gasteiger partial charge in [-0.05, 0) is 31.0 Å². The third-order valence-electron chi connectivity index (χ3n) is 4.16. The average Bonchev–Trinajstić information content (AvgIpc) is 3.04. The standard InChI is InChI=1S/C15H18BrN3O2.ClH/c16-10-2-1-3-12(8-10)19-7-5-13(15(19)21)14(20)18-6-4-11(17)9-18;/h1-3,8,11,13H,4-7,9,17H2;1H/t11-,13?;/m1./s1. The Hall–Kier alpha value is -1.11. The Morgan fingerprint density at radius 3 is 2.68 bits per heavy atom. The second kappa shape index (κ2) is 6.98. The largest absolute Gasteiger partial charge is 0.340 e. The number of benzene rings is 1. The molecule has 1 aromatic carbocycles. The molecule has 2 saturated heterocycles. The van der Waals surface area contributed by atoms with Crippen LogP contribution in [0.15, 0.2) is 28.7 Å². The number of amides is 2. The van der Waals surface area contributed by atoms with Gasteiger partial charge in [-0.3, -0.25) is 9.59 Å². The third kappa shape index (κ3) is 3.29. The van der Waals surface area contributed by atoms with E-state index in [1.165, 1.54) is 0 Å². The molecule has 2 N–H and O–H groups in total. The number of hydrogen-bond donors (Lipinski definition) is 1. The first-order valence-electron chi connectivity index (χ1n) is 7.17. The average molecular weight is 389 g/mol. The van der Waals surface area contributed by atoms with Crippen LogP contribution in [0.5, 0.6) is 0 Å². The van der Waals surface area contributed by atoms with Crippen LogP contribution in [0.1, 0.15) is 12.8 Å². The molecule has 5 nitrogen and oxygen atoms in total. The maximum absolute atomic E-state index is 12.5. The molecule has 1 unspecified atom stereocenters. The van der Waals surface area contributed by atoms with Crippen LogP contribution >= 0.6 is 28.3 Å². The van der Waals surface area contributed by atoms with Crippen LogP contribution in [-0.4, -0.2) is 42.4 Å². The SMILES string of the molecule is Cl.N[C@@H]1CCN(C(=O)C2CCN(c3cccc(Br)c3)C2=O)C1. The minimum absolute atomic E-state index is 0. The molecule has 2 fully saturated rings. The summed E-state index contributed by atoms with van der Waals surface area (Å²) in [6, 6.07) is 7.64. The molecule has 1 aromatic rings. The molecule has 0 spiro atoms. The van der Waals surface area contributed by atoms with Gasteiger partial charge in [-0.2, -0.15) is 0 Å². The van der Waals surface area contributed by atoms with Gasteiger partial charge in [0.15, 0.2) is 0 Å². The summed E-state index contributed by atoms with van der Waals surface area (Å²) in [6.07, 6.45) is 1.40. The molecule has 0 bridgehead atoms. The highest BCUT2D eigenvalue weighted by Gasteiger charge is 2.40. The molecule has 2 aliphatic rings. The lowest BCUT2D eigenvalue weighted by Crippen LogP contribution is -2.40. The van der Waals surface area contributed by atoms with Gasteiger partial charge in [-0.1, -0.05) is 22.0 Å². The summed E-state index contributed by atoms with van der Waals surface area (Å²) in [5, 5.41) is 0. The summed E-state index contributed by atoms with van der Waals surface area (Å²) in [4.78, 5) is 28.4. The number of rotatable bonds is 2. The van der Waals surface area contributed by atoms with Crippen molar-refractivity contribution in [1.29, 1.82) is 0 Å². The Balaban J connectivity index is 0.00000176. The molecule has 2 aliphatic heterocycles. The molecule has 2 amide bonds. The van der Waals surface area contributed by atoms with E-state index in [-0.39, 0.29) is 30.3 Å². The molecule has 0 aromatic heterocycles. The zero-order chi connectivity index (χ0) is 15.0. The Bertz CT molecular complexity index is 584. The molecule has 7 heteroatoms. The highest BCUT2D eigenvalue weighted by Crippen LogP contribution is 2.29. The molecular formula is C15H19BrClN3O2. The summed E-state index contributed by atoms with van der Waals surface area (Å²) in [6.45, 7) is 1.83. The fourth-order valence-corrected chi connectivity index (χ4v) is 3.40. The smallest absolute Gasteiger partial charge is 0.239 e. The predicted molar refractivity (Wildman–Crippen MR) is 91.0 cm³/mol. The number of nitrogens with zero attached hydrogens (tertiary/aromatic N) is 2. The summed E-state index contributed by atoms with van der Waals surface area (Å²) >= 11 is 3.41. The van der Waals surface area contributed by atoms with Crippen molar-refractivity contribution in [3.05, 3.63) is 28.7 Å². The van der Waals surface area contributed by atoms with Gasteiger partial charge in [0, 0.05) is 35.8 Å². The zero-order valence-corrected chi connectivity index (χ0v) is 14.5. The van der Waals surface area contributed by atoms with Crippen LogP contribution in [0.2, 0.25) is 0 Å². The summed E-state index contributed by atoms with van der Waals surface area (Å²) in [7, 11) is 0. The van der Waals surface area contributed by atoms with Crippen molar-refractivity contribution in [2.24, 2.45) is 11.7 Å². The maximum Gasteiger partial charge on any atom is 0.239 e. The molecule has 2 heterocycles. The first-order chi connectivity index (χ1) is 10.1. The lowest BCUT2D eigenvalue weighted by molar-refractivity contribution is -0.139. The van der Waals surface area contributed by atoms with E-state index >= 15 is 0 Å². The highest BCUT2D eigenvalue weighted by atomic mass is 79.9. The molecule has 120 valence electrons. The van der Waals surface area contributed by atoms with Crippen molar-refractivity contribution < 1.29 is 9.59 Å². The van der Waals surface area contributed by atoms with E-state index in [4.69, 9.17) is 5.73 Å². The number of halogens is 2. The Morgan fingerprint density at radius 1 is 1.27 bits per heavy atom. The number of anilines is 1. The molecule has 0 radical (unpaired) electrons. The van der Waals surface area contributed by atoms with E-state index in [2.05, 4.69) is 15.9 Å². The summed E-state index contributed by atoms with van der Waals surface area (Å²) in [5.74, 6) is -0.710. The van der Waals surface area contributed by atoms with E-state index < -0.39 is 5.92 Å². The van der Waals surface area contributed by atoms with E-state index in [0.717, 1.165) is 16.6 Å².